The maximum atomic E-state index is 5.78. The van der Waals surface area contributed by atoms with Crippen molar-refractivity contribution in [3.63, 3.8) is 0 Å². The Morgan fingerprint density at radius 3 is 2.95 bits per heavy atom. The lowest BCUT2D eigenvalue weighted by Crippen LogP contribution is -2.15. The molecule has 114 valence electrons. The molecule has 1 fully saturated rings. The Labute approximate surface area is 126 Å². The first-order valence-corrected chi connectivity index (χ1v) is 7.97. The lowest BCUT2D eigenvalue weighted by atomic mass is 10.1. The average Bonchev–Trinajstić information content (AvgIpc) is 3.07. The summed E-state index contributed by atoms with van der Waals surface area (Å²) < 4.78 is 8.15. The standard InChI is InChI=1S/C17H25N3O/c1-12(2)11-20-16-6-5-13(10-18)8-15(16)19-17(20)9-14-4-3-7-21-14/h5-6,8,12,14H,3-4,7,9-11,18H2,1-2H3. The highest BCUT2D eigenvalue weighted by Crippen LogP contribution is 2.23. The topological polar surface area (TPSA) is 53.1 Å². The average molecular weight is 287 g/mol. The molecule has 0 aliphatic carbocycles. The van der Waals surface area contributed by atoms with Gasteiger partial charge in [-0.05, 0) is 36.5 Å². The third-order valence-corrected chi connectivity index (χ3v) is 4.11. The van der Waals surface area contributed by atoms with Crippen LogP contribution in [0.4, 0.5) is 0 Å². The van der Waals surface area contributed by atoms with Crippen molar-refractivity contribution in [2.75, 3.05) is 6.61 Å². The molecule has 1 aromatic heterocycles. The number of rotatable bonds is 5. The molecule has 4 nitrogen and oxygen atoms in total. The quantitative estimate of drug-likeness (QED) is 0.920. The van der Waals surface area contributed by atoms with E-state index in [0.29, 0.717) is 18.6 Å². The molecule has 0 saturated carbocycles. The summed E-state index contributed by atoms with van der Waals surface area (Å²) >= 11 is 0. The van der Waals surface area contributed by atoms with Crippen molar-refractivity contribution in [1.29, 1.82) is 0 Å². The van der Waals surface area contributed by atoms with Gasteiger partial charge in [-0.25, -0.2) is 4.98 Å². The molecule has 1 unspecified atom stereocenters. The van der Waals surface area contributed by atoms with Crippen LogP contribution in [0.1, 0.15) is 38.1 Å². The second kappa shape index (κ2) is 6.16. The first-order valence-electron chi connectivity index (χ1n) is 7.97. The molecule has 21 heavy (non-hydrogen) atoms. The van der Waals surface area contributed by atoms with Gasteiger partial charge in [0.1, 0.15) is 5.82 Å². The Balaban J connectivity index is 1.98. The Bertz CT molecular complexity index is 612. The monoisotopic (exact) mass is 287 g/mol. The van der Waals surface area contributed by atoms with E-state index in [1.165, 1.54) is 11.9 Å². The summed E-state index contributed by atoms with van der Waals surface area (Å²) in [5.74, 6) is 1.75. The Kier molecular flexibility index (Phi) is 4.27. The normalized spacial score (nSPS) is 19.0. The Hall–Kier alpha value is -1.39. The highest BCUT2D eigenvalue weighted by atomic mass is 16.5. The van der Waals surface area contributed by atoms with Crippen molar-refractivity contribution in [2.45, 2.75) is 52.3 Å². The van der Waals surface area contributed by atoms with E-state index in [1.54, 1.807) is 0 Å². The molecular weight excluding hydrogens is 262 g/mol. The number of fused-ring (bicyclic) bond motifs is 1. The molecule has 1 aliphatic heterocycles. The van der Waals surface area contributed by atoms with Crippen LogP contribution in [-0.4, -0.2) is 22.3 Å². The molecule has 2 heterocycles. The van der Waals surface area contributed by atoms with Crippen LogP contribution < -0.4 is 5.73 Å². The fourth-order valence-electron chi connectivity index (χ4n) is 3.09. The molecule has 1 atom stereocenters. The van der Waals surface area contributed by atoms with Gasteiger partial charge in [-0.3, -0.25) is 0 Å². The smallest absolute Gasteiger partial charge is 0.112 e. The molecule has 1 aromatic carbocycles. The van der Waals surface area contributed by atoms with E-state index in [-0.39, 0.29) is 0 Å². The first-order chi connectivity index (χ1) is 10.2. The van der Waals surface area contributed by atoms with Gasteiger partial charge in [0.25, 0.3) is 0 Å². The van der Waals surface area contributed by atoms with Gasteiger partial charge >= 0.3 is 0 Å². The summed E-state index contributed by atoms with van der Waals surface area (Å²) in [5.41, 5.74) is 9.16. The van der Waals surface area contributed by atoms with E-state index in [4.69, 9.17) is 15.5 Å². The molecule has 1 saturated heterocycles. The Morgan fingerprint density at radius 2 is 2.29 bits per heavy atom. The molecular formula is C17H25N3O. The number of hydrogen-bond acceptors (Lipinski definition) is 3. The van der Waals surface area contributed by atoms with Crippen LogP contribution in [0.5, 0.6) is 0 Å². The molecule has 0 spiro atoms. The summed E-state index contributed by atoms with van der Waals surface area (Å²) in [6.07, 6.45) is 3.58. The second-order valence-corrected chi connectivity index (χ2v) is 6.40. The maximum Gasteiger partial charge on any atom is 0.112 e. The van der Waals surface area contributed by atoms with Crippen LogP contribution >= 0.6 is 0 Å². The van der Waals surface area contributed by atoms with Gasteiger partial charge in [0, 0.05) is 26.1 Å². The molecule has 2 aromatic rings. The summed E-state index contributed by atoms with van der Waals surface area (Å²) in [4.78, 5) is 4.87. The van der Waals surface area contributed by atoms with Crippen LogP contribution in [0.15, 0.2) is 18.2 Å². The van der Waals surface area contributed by atoms with Gasteiger partial charge in [-0.2, -0.15) is 0 Å². The zero-order valence-corrected chi connectivity index (χ0v) is 13.0. The van der Waals surface area contributed by atoms with Gasteiger partial charge in [0.05, 0.1) is 17.1 Å². The fourth-order valence-corrected chi connectivity index (χ4v) is 3.09. The van der Waals surface area contributed by atoms with E-state index in [1.807, 2.05) is 0 Å². The van der Waals surface area contributed by atoms with E-state index >= 15 is 0 Å². The van der Waals surface area contributed by atoms with Gasteiger partial charge < -0.3 is 15.0 Å². The third-order valence-electron chi connectivity index (χ3n) is 4.11. The minimum Gasteiger partial charge on any atom is -0.378 e. The van der Waals surface area contributed by atoms with E-state index < -0.39 is 0 Å². The van der Waals surface area contributed by atoms with Crippen LogP contribution in [0.25, 0.3) is 11.0 Å². The maximum absolute atomic E-state index is 5.78. The molecule has 0 radical (unpaired) electrons. The molecule has 0 amide bonds. The van der Waals surface area contributed by atoms with Crippen molar-refractivity contribution in [3.05, 3.63) is 29.6 Å². The first kappa shape index (κ1) is 14.5. The molecule has 0 bridgehead atoms. The number of nitrogens with zero attached hydrogens (tertiary/aromatic N) is 2. The summed E-state index contributed by atoms with van der Waals surface area (Å²) in [5, 5.41) is 0. The largest absolute Gasteiger partial charge is 0.378 e. The number of imidazole rings is 1. The predicted octanol–water partition coefficient (Wildman–Crippen LogP) is 2.87. The summed E-state index contributed by atoms with van der Waals surface area (Å²) in [6, 6.07) is 6.38. The summed E-state index contributed by atoms with van der Waals surface area (Å²) in [7, 11) is 0. The van der Waals surface area contributed by atoms with E-state index in [9.17, 15) is 0 Å². The molecule has 4 heteroatoms. The van der Waals surface area contributed by atoms with Crippen LogP contribution in [0.2, 0.25) is 0 Å². The lowest BCUT2D eigenvalue weighted by molar-refractivity contribution is 0.109. The summed E-state index contributed by atoms with van der Waals surface area (Å²) in [6.45, 7) is 6.95. The second-order valence-electron chi connectivity index (χ2n) is 6.40. The van der Waals surface area contributed by atoms with Crippen molar-refractivity contribution in [2.24, 2.45) is 11.7 Å². The number of hydrogen-bond donors (Lipinski definition) is 1. The highest BCUT2D eigenvalue weighted by Gasteiger charge is 2.20. The zero-order chi connectivity index (χ0) is 14.8. The predicted molar refractivity (Wildman–Crippen MR) is 85.1 cm³/mol. The van der Waals surface area contributed by atoms with Crippen LogP contribution in [-0.2, 0) is 24.2 Å². The van der Waals surface area contributed by atoms with E-state index in [2.05, 4.69) is 36.6 Å². The van der Waals surface area contributed by atoms with Crippen molar-refractivity contribution >= 4 is 11.0 Å². The van der Waals surface area contributed by atoms with Crippen molar-refractivity contribution < 1.29 is 4.74 Å². The SMILES string of the molecule is CC(C)Cn1c(CC2CCCO2)nc2cc(CN)ccc21. The van der Waals surface area contributed by atoms with Crippen molar-refractivity contribution in [1.82, 2.24) is 9.55 Å². The fraction of sp³-hybridized carbons (Fsp3) is 0.588. The third kappa shape index (κ3) is 3.11. The molecule has 3 rings (SSSR count). The number of benzene rings is 1. The highest BCUT2D eigenvalue weighted by molar-refractivity contribution is 5.77. The zero-order valence-electron chi connectivity index (χ0n) is 13.0. The number of ether oxygens (including phenoxy) is 1. The van der Waals surface area contributed by atoms with Crippen LogP contribution in [0.3, 0.4) is 0 Å². The van der Waals surface area contributed by atoms with Crippen molar-refractivity contribution in [3.8, 4) is 0 Å². The van der Waals surface area contributed by atoms with Gasteiger partial charge in [0.15, 0.2) is 0 Å². The lowest BCUT2D eigenvalue weighted by Gasteiger charge is -2.14. The van der Waals surface area contributed by atoms with Gasteiger partial charge in [-0.1, -0.05) is 19.9 Å². The van der Waals surface area contributed by atoms with Crippen LogP contribution in [0, 0.1) is 5.92 Å². The number of aromatic nitrogens is 2. The van der Waals surface area contributed by atoms with E-state index in [0.717, 1.165) is 42.9 Å². The molecule has 2 N–H and O–H groups in total. The minimum atomic E-state index is 0.335. The minimum absolute atomic E-state index is 0.335. The molecule has 1 aliphatic rings. The van der Waals surface area contributed by atoms with Gasteiger partial charge in [-0.15, -0.1) is 0 Å². The number of nitrogens with two attached hydrogens (primary N) is 1. The Morgan fingerprint density at radius 1 is 1.43 bits per heavy atom. The van der Waals surface area contributed by atoms with Gasteiger partial charge in [0.2, 0.25) is 0 Å².